The van der Waals surface area contributed by atoms with Crippen LogP contribution >= 0.6 is 0 Å². The quantitative estimate of drug-likeness (QED) is 0.603. The summed E-state index contributed by atoms with van der Waals surface area (Å²) in [5.41, 5.74) is 1.35. The summed E-state index contributed by atoms with van der Waals surface area (Å²) in [5.74, 6) is 0.371. The van der Waals surface area contributed by atoms with E-state index in [-0.39, 0.29) is 16.6 Å². The number of rotatable bonds is 6. The van der Waals surface area contributed by atoms with Gasteiger partial charge in [-0.05, 0) is 42.5 Å². The van der Waals surface area contributed by atoms with Gasteiger partial charge in [0.25, 0.3) is 10.0 Å². The Morgan fingerprint density at radius 2 is 1.52 bits per heavy atom. The van der Waals surface area contributed by atoms with Crippen LogP contribution in [0.1, 0.15) is 6.92 Å². The fraction of sp³-hybridized carbons (Fsp3) is 0.0556. The molecule has 1 aromatic heterocycles. The second-order valence-electron chi connectivity index (χ2n) is 5.61. The van der Waals surface area contributed by atoms with E-state index in [9.17, 15) is 13.2 Å². The van der Waals surface area contributed by atoms with Gasteiger partial charge in [-0.2, -0.15) is 0 Å². The molecule has 0 unspecified atom stereocenters. The van der Waals surface area contributed by atoms with Gasteiger partial charge in [-0.25, -0.2) is 8.42 Å². The minimum atomic E-state index is -3.72. The highest BCUT2D eigenvalue weighted by atomic mass is 32.2. The zero-order chi connectivity index (χ0) is 19.3. The molecule has 1 heterocycles. The molecule has 27 heavy (non-hydrogen) atoms. The lowest BCUT2D eigenvalue weighted by Gasteiger charge is -2.09. The Bertz CT molecular complexity index is 1040. The molecular weight excluding hydrogens is 366 g/mol. The van der Waals surface area contributed by atoms with Crippen molar-refractivity contribution in [2.45, 2.75) is 11.8 Å². The summed E-state index contributed by atoms with van der Waals surface area (Å²) in [4.78, 5) is 11.3. The van der Waals surface area contributed by atoms with Crippen molar-refractivity contribution in [2.75, 3.05) is 15.4 Å². The van der Waals surface area contributed by atoms with E-state index in [1.54, 1.807) is 48.5 Å². The Morgan fingerprint density at radius 3 is 2.19 bits per heavy atom. The average molecular weight is 383 g/mol. The SMILES string of the molecule is CC(=O)Nc1cccc(Nc2ccc(NS(=O)(=O)c3ccccc3)nn2)c1. The number of aromatic nitrogens is 2. The summed E-state index contributed by atoms with van der Waals surface area (Å²) in [6.45, 7) is 1.43. The fourth-order valence-corrected chi connectivity index (χ4v) is 3.29. The summed E-state index contributed by atoms with van der Waals surface area (Å²) >= 11 is 0. The van der Waals surface area contributed by atoms with Crippen molar-refractivity contribution in [2.24, 2.45) is 0 Å². The van der Waals surface area contributed by atoms with Crippen LogP contribution in [0.15, 0.2) is 71.6 Å². The summed E-state index contributed by atoms with van der Waals surface area (Å²) in [7, 11) is -3.72. The van der Waals surface area contributed by atoms with Gasteiger partial charge in [-0.15, -0.1) is 10.2 Å². The molecule has 3 aromatic rings. The molecule has 3 rings (SSSR count). The molecule has 0 fully saturated rings. The van der Waals surface area contributed by atoms with Crippen LogP contribution in [0.3, 0.4) is 0 Å². The zero-order valence-corrected chi connectivity index (χ0v) is 15.2. The largest absolute Gasteiger partial charge is 0.339 e. The van der Waals surface area contributed by atoms with Crippen molar-refractivity contribution in [3.8, 4) is 0 Å². The van der Waals surface area contributed by atoms with E-state index in [4.69, 9.17) is 0 Å². The Hall–Kier alpha value is -3.46. The smallest absolute Gasteiger partial charge is 0.263 e. The maximum absolute atomic E-state index is 12.3. The summed E-state index contributed by atoms with van der Waals surface area (Å²) in [6.07, 6.45) is 0. The number of carbonyl (C=O) groups excluding carboxylic acids is 1. The Morgan fingerprint density at radius 1 is 0.852 bits per heavy atom. The molecule has 0 radical (unpaired) electrons. The van der Waals surface area contributed by atoms with Crippen molar-refractivity contribution in [3.05, 3.63) is 66.7 Å². The first-order valence-electron chi connectivity index (χ1n) is 7.99. The number of benzene rings is 2. The first-order chi connectivity index (χ1) is 12.9. The molecule has 0 atom stereocenters. The van der Waals surface area contributed by atoms with Crippen molar-refractivity contribution in [3.63, 3.8) is 0 Å². The molecule has 1 amide bonds. The second-order valence-corrected chi connectivity index (χ2v) is 7.29. The van der Waals surface area contributed by atoms with Crippen LogP contribution in [-0.4, -0.2) is 24.5 Å². The second kappa shape index (κ2) is 7.83. The van der Waals surface area contributed by atoms with E-state index in [1.807, 2.05) is 0 Å². The molecule has 138 valence electrons. The molecule has 0 bridgehead atoms. The maximum atomic E-state index is 12.3. The van der Waals surface area contributed by atoms with Gasteiger partial charge in [0.15, 0.2) is 11.6 Å². The molecular formula is C18H17N5O3S. The Kier molecular flexibility index (Phi) is 5.32. The molecule has 0 saturated heterocycles. The van der Waals surface area contributed by atoms with E-state index in [2.05, 4.69) is 25.6 Å². The predicted octanol–water partition coefficient (Wildman–Crippen LogP) is 2.98. The van der Waals surface area contributed by atoms with Gasteiger partial charge in [0, 0.05) is 18.3 Å². The van der Waals surface area contributed by atoms with Gasteiger partial charge in [-0.3, -0.25) is 9.52 Å². The number of sulfonamides is 1. The monoisotopic (exact) mass is 383 g/mol. The summed E-state index contributed by atoms with van der Waals surface area (Å²) < 4.78 is 26.9. The number of hydrogen-bond acceptors (Lipinski definition) is 6. The third kappa shape index (κ3) is 5.02. The summed E-state index contributed by atoms with van der Waals surface area (Å²) in [6, 6.07) is 18.2. The minimum absolute atomic E-state index is 0.108. The molecule has 0 aliphatic heterocycles. The van der Waals surface area contributed by atoms with Crippen LogP contribution in [-0.2, 0) is 14.8 Å². The molecule has 9 heteroatoms. The van der Waals surface area contributed by atoms with Crippen molar-refractivity contribution >= 4 is 38.9 Å². The van der Waals surface area contributed by atoms with Crippen LogP contribution in [0.2, 0.25) is 0 Å². The third-order valence-electron chi connectivity index (χ3n) is 3.41. The Labute approximate surface area is 156 Å². The molecule has 2 aromatic carbocycles. The van der Waals surface area contributed by atoms with Crippen molar-refractivity contribution in [1.82, 2.24) is 10.2 Å². The normalized spacial score (nSPS) is 10.9. The number of carbonyl (C=O) groups is 1. The standard InChI is InChI=1S/C18H17N5O3S/c1-13(24)19-14-6-5-7-15(12-14)20-17-10-11-18(22-21-17)23-27(25,26)16-8-3-2-4-9-16/h2-12H,1H3,(H,19,24)(H,20,21)(H,22,23). The highest BCUT2D eigenvalue weighted by Crippen LogP contribution is 2.20. The topological polar surface area (TPSA) is 113 Å². The molecule has 0 aliphatic rings. The number of nitrogens with one attached hydrogen (secondary N) is 3. The lowest BCUT2D eigenvalue weighted by Crippen LogP contribution is -2.14. The number of amides is 1. The number of hydrogen-bond donors (Lipinski definition) is 3. The highest BCUT2D eigenvalue weighted by molar-refractivity contribution is 7.92. The number of nitrogens with zero attached hydrogens (tertiary/aromatic N) is 2. The van der Waals surface area contributed by atoms with Gasteiger partial charge in [0.1, 0.15) is 0 Å². The van der Waals surface area contributed by atoms with E-state index >= 15 is 0 Å². The van der Waals surface area contributed by atoms with Crippen LogP contribution < -0.4 is 15.4 Å². The van der Waals surface area contributed by atoms with Gasteiger partial charge >= 0.3 is 0 Å². The van der Waals surface area contributed by atoms with E-state index in [1.165, 1.54) is 25.1 Å². The maximum Gasteiger partial charge on any atom is 0.263 e. The molecule has 0 spiro atoms. The molecule has 8 nitrogen and oxygen atoms in total. The predicted molar refractivity (Wildman–Crippen MR) is 103 cm³/mol. The van der Waals surface area contributed by atoms with Crippen LogP contribution in [0.25, 0.3) is 0 Å². The average Bonchev–Trinajstić information content (AvgIpc) is 2.64. The van der Waals surface area contributed by atoms with Gasteiger partial charge in [0.2, 0.25) is 5.91 Å². The first-order valence-corrected chi connectivity index (χ1v) is 9.47. The van der Waals surface area contributed by atoms with Crippen molar-refractivity contribution < 1.29 is 13.2 Å². The van der Waals surface area contributed by atoms with Gasteiger partial charge < -0.3 is 10.6 Å². The Balaban J connectivity index is 1.70. The number of anilines is 4. The fourth-order valence-electron chi connectivity index (χ4n) is 2.28. The van der Waals surface area contributed by atoms with Crippen molar-refractivity contribution in [1.29, 1.82) is 0 Å². The zero-order valence-electron chi connectivity index (χ0n) is 14.4. The summed E-state index contributed by atoms with van der Waals surface area (Å²) in [5, 5.41) is 13.6. The highest BCUT2D eigenvalue weighted by Gasteiger charge is 2.14. The minimum Gasteiger partial charge on any atom is -0.339 e. The van der Waals surface area contributed by atoms with Crippen LogP contribution in [0, 0.1) is 0 Å². The lowest BCUT2D eigenvalue weighted by molar-refractivity contribution is -0.114. The van der Waals surface area contributed by atoms with E-state index < -0.39 is 10.0 Å². The van der Waals surface area contributed by atoms with Crippen LogP contribution in [0.4, 0.5) is 23.0 Å². The lowest BCUT2D eigenvalue weighted by atomic mass is 10.2. The van der Waals surface area contributed by atoms with Gasteiger partial charge in [0.05, 0.1) is 4.90 Å². The van der Waals surface area contributed by atoms with E-state index in [0.29, 0.717) is 17.2 Å². The van der Waals surface area contributed by atoms with Crippen LogP contribution in [0.5, 0.6) is 0 Å². The van der Waals surface area contributed by atoms with E-state index in [0.717, 1.165) is 0 Å². The first kappa shape index (κ1) is 18.3. The van der Waals surface area contributed by atoms with Gasteiger partial charge in [-0.1, -0.05) is 24.3 Å². The molecule has 0 saturated carbocycles. The molecule has 0 aliphatic carbocycles. The molecule has 3 N–H and O–H groups in total. The third-order valence-corrected chi connectivity index (χ3v) is 4.78.